The van der Waals surface area contributed by atoms with Gasteiger partial charge in [0.2, 0.25) is 17.8 Å². The van der Waals surface area contributed by atoms with E-state index in [2.05, 4.69) is 46.7 Å². The Morgan fingerprint density at radius 2 is 1.91 bits per heavy atom. The van der Waals surface area contributed by atoms with Crippen molar-refractivity contribution in [2.24, 2.45) is 5.10 Å². The lowest BCUT2D eigenvalue weighted by Crippen LogP contribution is -2.37. The van der Waals surface area contributed by atoms with Gasteiger partial charge >= 0.3 is 0 Å². The van der Waals surface area contributed by atoms with Gasteiger partial charge in [0, 0.05) is 40.3 Å². The summed E-state index contributed by atoms with van der Waals surface area (Å²) < 4.78 is 6.29. The lowest BCUT2D eigenvalue weighted by atomic mass is 10.2. The summed E-state index contributed by atoms with van der Waals surface area (Å²) in [5, 5.41) is 18.7. The second-order valence-electron chi connectivity index (χ2n) is 7.32. The van der Waals surface area contributed by atoms with Gasteiger partial charge in [-0.05, 0) is 46.6 Å². The van der Waals surface area contributed by atoms with E-state index in [4.69, 9.17) is 16.3 Å². The van der Waals surface area contributed by atoms with Gasteiger partial charge in [-0.2, -0.15) is 20.1 Å². The van der Waals surface area contributed by atoms with Crippen LogP contribution in [-0.4, -0.2) is 52.4 Å². The van der Waals surface area contributed by atoms with Gasteiger partial charge in [-0.15, -0.1) is 12.4 Å². The first-order valence-corrected chi connectivity index (χ1v) is 11.4. The lowest BCUT2D eigenvalue weighted by molar-refractivity contribution is -0.384. The minimum atomic E-state index is -0.497. The van der Waals surface area contributed by atoms with Crippen molar-refractivity contribution in [1.82, 2.24) is 15.0 Å². The Bertz CT molecular complexity index is 1240. The number of hydrazone groups is 1. The molecule has 0 bridgehead atoms. The third-order valence-electron chi connectivity index (χ3n) is 4.85. The van der Waals surface area contributed by atoms with E-state index in [0.29, 0.717) is 48.8 Å². The van der Waals surface area contributed by atoms with Crippen LogP contribution in [0.1, 0.15) is 11.1 Å². The molecule has 0 amide bonds. The molecule has 0 aliphatic carbocycles. The zero-order valence-corrected chi connectivity index (χ0v) is 21.6. The molecule has 0 radical (unpaired) electrons. The van der Waals surface area contributed by atoms with Gasteiger partial charge in [0.1, 0.15) is 0 Å². The standard InChI is InChI=1S/C21H20BrClN8O3.ClH/c1-13-2-5-18(16(22)10-13)25-19-26-20(28-21(27-19)30-6-8-34-9-7-30)29-24-12-14-11-15(31(32)33)3-4-17(14)23;/h2-5,10-12H,6-9H2,1H3,(H2,25,26,27,28,29);1H/b24-12+;. The van der Waals surface area contributed by atoms with Gasteiger partial charge in [-0.3, -0.25) is 10.1 Å². The molecule has 3 aromatic rings. The molecule has 0 saturated carbocycles. The van der Waals surface area contributed by atoms with E-state index >= 15 is 0 Å². The molecule has 0 atom stereocenters. The highest BCUT2D eigenvalue weighted by atomic mass is 79.9. The number of benzene rings is 2. The third kappa shape index (κ3) is 6.98. The van der Waals surface area contributed by atoms with Crippen molar-refractivity contribution in [3.8, 4) is 0 Å². The molecule has 1 aromatic heterocycles. The van der Waals surface area contributed by atoms with E-state index in [-0.39, 0.29) is 24.0 Å². The smallest absolute Gasteiger partial charge is 0.270 e. The number of ether oxygens (including phenoxy) is 1. The van der Waals surface area contributed by atoms with Gasteiger partial charge in [-0.25, -0.2) is 5.43 Å². The molecule has 1 fully saturated rings. The molecule has 1 aliphatic rings. The zero-order chi connectivity index (χ0) is 24.1. The molecule has 2 heterocycles. The first-order chi connectivity index (χ1) is 16.4. The number of anilines is 4. The van der Waals surface area contributed by atoms with E-state index < -0.39 is 4.92 Å². The highest BCUT2D eigenvalue weighted by Gasteiger charge is 2.17. The van der Waals surface area contributed by atoms with Crippen LogP contribution in [0.15, 0.2) is 46.0 Å². The molecule has 2 aromatic carbocycles. The summed E-state index contributed by atoms with van der Waals surface area (Å²) >= 11 is 9.68. The maximum Gasteiger partial charge on any atom is 0.270 e. The van der Waals surface area contributed by atoms with Crippen LogP contribution in [0.3, 0.4) is 0 Å². The van der Waals surface area contributed by atoms with Crippen molar-refractivity contribution in [1.29, 1.82) is 0 Å². The van der Waals surface area contributed by atoms with Crippen molar-refractivity contribution in [2.75, 3.05) is 41.9 Å². The highest BCUT2D eigenvalue weighted by molar-refractivity contribution is 9.10. The van der Waals surface area contributed by atoms with Crippen molar-refractivity contribution < 1.29 is 9.66 Å². The quantitative estimate of drug-likeness (QED) is 0.225. The molecular weight excluding hydrogens is 563 g/mol. The number of hydrogen-bond acceptors (Lipinski definition) is 10. The Hall–Kier alpha value is -3.06. The maximum atomic E-state index is 11.0. The molecule has 4 rings (SSSR count). The summed E-state index contributed by atoms with van der Waals surface area (Å²) in [4.78, 5) is 26.0. The second-order valence-corrected chi connectivity index (χ2v) is 8.58. The Morgan fingerprint density at radius 3 is 2.63 bits per heavy atom. The van der Waals surface area contributed by atoms with Crippen LogP contribution in [0.4, 0.5) is 29.2 Å². The first kappa shape index (κ1) is 26.5. The van der Waals surface area contributed by atoms with Crippen LogP contribution in [0.25, 0.3) is 0 Å². The van der Waals surface area contributed by atoms with Crippen LogP contribution in [0.5, 0.6) is 0 Å². The number of hydrogen-bond donors (Lipinski definition) is 2. The van der Waals surface area contributed by atoms with Gasteiger partial charge in [0.25, 0.3) is 5.69 Å². The van der Waals surface area contributed by atoms with Crippen molar-refractivity contribution in [3.63, 3.8) is 0 Å². The Kier molecular flexibility index (Phi) is 9.15. The van der Waals surface area contributed by atoms with Crippen molar-refractivity contribution in [3.05, 3.63) is 67.1 Å². The topological polar surface area (TPSA) is 131 Å². The predicted octanol–water partition coefficient (Wildman–Crippen LogP) is 4.95. The fraction of sp³-hybridized carbons (Fsp3) is 0.238. The number of non-ortho nitro benzene ring substituents is 1. The van der Waals surface area contributed by atoms with E-state index in [1.807, 2.05) is 30.0 Å². The Balaban J connectivity index is 0.00000342. The fourth-order valence-electron chi connectivity index (χ4n) is 3.12. The second kappa shape index (κ2) is 12.1. The predicted molar refractivity (Wildman–Crippen MR) is 142 cm³/mol. The van der Waals surface area contributed by atoms with Crippen LogP contribution in [-0.2, 0) is 4.74 Å². The third-order valence-corrected chi connectivity index (χ3v) is 5.85. The fourth-order valence-corrected chi connectivity index (χ4v) is 3.88. The minimum absolute atomic E-state index is 0. The van der Waals surface area contributed by atoms with Gasteiger partial charge in [-0.1, -0.05) is 17.7 Å². The zero-order valence-electron chi connectivity index (χ0n) is 18.4. The molecule has 14 heteroatoms. The summed E-state index contributed by atoms with van der Waals surface area (Å²) in [6, 6.07) is 9.99. The van der Waals surface area contributed by atoms with Crippen LogP contribution < -0.4 is 15.6 Å². The van der Waals surface area contributed by atoms with E-state index in [0.717, 1.165) is 15.7 Å². The van der Waals surface area contributed by atoms with Crippen LogP contribution in [0, 0.1) is 17.0 Å². The minimum Gasteiger partial charge on any atom is -0.378 e. The molecule has 11 nitrogen and oxygen atoms in total. The number of aryl methyl sites for hydroxylation is 1. The maximum absolute atomic E-state index is 11.0. The highest BCUT2D eigenvalue weighted by Crippen LogP contribution is 2.27. The summed E-state index contributed by atoms with van der Waals surface area (Å²) in [6.07, 6.45) is 1.37. The lowest BCUT2D eigenvalue weighted by Gasteiger charge is -2.27. The largest absolute Gasteiger partial charge is 0.378 e. The number of nitrogens with zero attached hydrogens (tertiary/aromatic N) is 6. The van der Waals surface area contributed by atoms with E-state index in [1.54, 1.807) is 0 Å². The van der Waals surface area contributed by atoms with E-state index in [1.165, 1.54) is 24.4 Å². The van der Waals surface area contributed by atoms with Gasteiger partial charge in [0.05, 0.1) is 30.0 Å². The Morgan fingerprint density at radius 1 is 1.17 bits per heavy atom. The van der Waals surface area contributed by atoms with Gasteiger partial charge in [0.15, 0.2) is 0 Å². The normalized spacial score (nSPS) is 13.4. The number of nitro groups is 1. The molecule has 1 aliphatic heterocycles. The molecule has 2 N–H and O–H groups in total. The number of aromatic nitrogens is 3. The molecular formula is C21H21BrCl2N8O3. The monoisotopic (exact) mass is 582 g/mol. The molecule has 1 saturated heterocycles. The average Bonchev–Trinajstić information content (AvgIpc) is 2.82. The van der Waals surface area contributed by atoms with Gasteiger partial charge < -0.3 is 15.0 Å². The number of nitro benzene ring substituents is 1. The van der Waals surface area contributed by atoms with E-state index in [9.17, 15) is 10.1 Å². The average molecular weight is 584 g/mol. The number of morpholine rings is 1. The van der Waals surface area contributed by atoms with Crippen LogP contribution in [0.2, 0.25) is 5.02 Å². The van der Waals surface area contributed by atoms with Crippen molar-refractivity contribution >= 4 is 75.4 Å². The SMILES string of the molecule is Cc1ccc(Nc2nc(N/N=C/c3cc([N+](=O)[O-])ccc3Cl)nc(N3CCOCC3)n2)c(Br)c1.Cl. The summed E-state index contributed by atoms with van der Waals surface area (Å²) in [6.45, 7) is 4.43. The summed E-state index contributed by atoms with van der Waals surface area (Å²) in [5.41, 5.74) is 4.97. The van der Waals surface area contributed by atoms with Crippen LogP contribution >= 0.6 is 39.9 Å². The van der Waals surface area contributed by atoms with Crippen molar-refractivity contribution in [2.45, 2.75) is 6.92 Å². The first-order valence-electron chi connectivity index (χ1n) is 10.2. The Labute approximate surface area is 220 Å². The molecule has 0 unspecified atom stereocenters. The molecule has 0 spiro atoms. The number of rotatable bonds is 7. The molecule has 184 valence electrons. The summed E-state index contributed by atoms with van der Waals surface area (Å²) in [5.74, 6) is 0.988. The summed E-state index contributed by atoms with van der Waals surface area (Å²) in [7, 11) is 0. The number of halogens is 3. The molecule has 35 heavy (non-hydrogen) atoms. The number of nitrogens with one attached hydrogen (secondary N) is 2.